The summed E-state index contributed by atoms with van der Waals surface area (Å²) >= 11 is 0. The highest BCUT2D eigenvalue weighted by Gasteiger charge is 2.07. The number of nitrogens with two attached hydrogens (primary N) is 1. The molecule has 2 N–H and O–H groups in total. The molecule has 0 aromatic heterocycles. The lowest BCUT2D eigenvalue weighted by molar-refractivity contribution is -0.121. The molecule has 1 unspecified atom stereocenters. The molecule has 0 heterocycles. The SMILES string of the molecule is CC(CCN(C)C)C(N)=O.Cl.Cl. The summed E-state index contributed by atoms with van der Waals surface area (Å²) in [6.45, 7) is 2.77. The third-order valence-corrected chi connectivity index (χ3v) is 1.50. The molecule has 76 valence electrons. The predicted octanol–water partition coefficient (Wildman–Crippen LogP) is 0.903. The minimum absolute atomic E-state index is 0. The lowest BCUT2D eigenvalue weighted by atomic mass is 10.1. The largest absolute Gasteiger partial charge is 0.369 e. The fourth-order valence-corrected chi connectivity index (χ4v) is 0.594. The molecule has 3 nitrogen and oxygen atoms in total. The van der Waals surface area contributed by atoms with E-state index in [1.807, 2.05) is 25.9 Å². The maximum Gasteiger partial charge on any atom is 0.220 e. The highest BCUT2D eigenvalue weighted by molar-refractivity contribution is 5.85. The molecule has 0 radical (unpaired) electrons. The van der Waals surface area contributed by atoms with Gasteiger partial charge in [0.05, 0.1) is 0 Å². The van der Waals surface area contributed by atoms with Gasteiger partial charge < -0.3 is 10.6 Å². The molecule has 0 aliphatic carbocycles. The summed E-state index contributed by atoms with van der Waals surface area (Å²) in [4.78, 5) is 12.6. The van der Waals surface area contributed by atoms with Gasteiger partial charge >= 0.3 is 0 Å². The van der Waals surface area contributed by atoms with Crippen molar-refractivity contribution in [1.82, 2.24) is 4.90 Å². The fraction of sp³-hybridized carbons (Fsp3) is 0.857. The van der Waals surface area contributed by atoms with Crippen molar-refractivity contribution in [2.75, 3.05) is 20.6 Å². The van der Waals surface area contributed by atoms with Crippen molar-refractivity contribution in [3.63, 3.8) is 0 Å². The Hall–Kier alpha value is 0.01000. The highest BCUT2D eigenvalue weighted by Crippen LogP contribution is 1.99. The second-order valence-electron chi connectivity index (χ2n) is 2.90. The number of halogens is 2. The molecule has 0 aromatic carbocycles. The molecule has 0 aliphatic heterocycles. The first-order valence-corrected chi connectivity index (χ1v) is 3.48. The molecule has 0 aromatic rings. The summed E-state index contributed by atoms with van der Waals surface area (Å²) in [7, 11) is 3.96. The van der Waals surface area contributed by atoms with Gasteiger partial charge in [0.15, 0.2) is 0 Å². The van der Waals surface area contributed by atoms with Crippen LogP contribution in [0.15, 0.2) is 0 Å². The zero-order chi connectivity index (χ0) is 8.15. The monoisotopic (exact) mass is 216 g/mol. The van der Waals surface area contributed by atoms with E-state index in [-0.39, 0.29) is 36.6 Å². The Kier molecular flexibility index (Phi) is 13.6. The number of hydrogen-bond acceptors (Lipinski definition) is 2. The quantitative estimate of drug-likeness (QED) is 0.760. The molecule has 0 spiro atoms. The van der Waals surface area contributed by atoms with E-state index in [1.165, 1.54) is 0 Å². The van der Waals surface area contributed by atoms with Gasteiger partial charge in [0.2, 0.25) is 5.91 Å². The first-order chi connectivity index (χ1) is 4.54. The molecule has 1 amide bonds. The molecule has 0 rings (SSSR count). The van der Waals surface area contributed by atoms with E-state index in [0.717, 1.165) is 13.0 Å². The second kappa shape index (κ2) is 9.10. The van der Waals surface area contributed by atoms with Gasteiger partial charge in [-0.05, 0) is 27.1 Å². The predicted molar refractivity (Wildman–Crippen MR) is 56.0 cm³/mol. The lowest BCUT2D eigenvalue weighted by Crippen LogP contribution is -2.24. The average molecular weight is 217 g/mol. The first kappa shape index (κ1) is 17.9. The standard InChI is InChI=1S/C7H16N2O.2ClH/c1-6(7(8)10)4-5-9(2)3;;/h6H,4-5H2,1-3H3,(H2,8,10);2*1H. The number of hydrogen-bond donors (Lipinski definition) is 1. The van der Waals surface area contributed by atoms with Crippen molar-refractivity contribution in [3.8, 4) is 0 Å². The summed E-state index contributed by atoms with van der Waals surface area (Å²) in [6, 6.07) is 0. The van der Waals surface area contributed by atoms with Crippen LogP contribution in [0.25, 0.3) is 0 Å². The van der Waals surface area contributed by atoms with Crippen LogP contribution in [0.2, 0.25) is 0 Å². The van der Waals surface area contributed by atoms with Crippen LogP contribution >= 0.6 is 24.8 Å². The molecule has 0 saturated carbocycles. The van der Waals surface area contributed by atoms with Gasteiger partial charge in [-0.15, -0.1) is 24.8 Å². The maximum atomic E-state index is 10.5. The molecule has 1 atom stereocenters. The van der Waals surface area contributed by atoms with Gasteiger partial charge in [-0.25, -0.2) is 0 Å². The van der Waals surface area contributed by atoms with Crippen LogP contribution in [0.5, 0.6) is 0 Å². The molecule has 0 saturated heterocycles. The number of carbonyl (C=O) groups is 1. The summed E-state index contributed by atoms with van der Waals surface area (Å²) in [5.41, 5.74) is 5.06. The van der Waals surface area contributed by atoms with E-state index in [2.05, 4.69) is 0 Å². The Morgan fingerprint density at radius 2 is 1.83 bits per heavy atom. The van der Waals surface area contributed by atoms with Gasteiger partial charge in [0.25, 0.3) is 0 Å². The molecule has 0 aliphatic rings. The molecule has 12 heavy (non-hydrogen) atoms. The van der Waals surface area contributed by atoms with Crippen LogP contribution in [0.3, 0.4) is 0 Å². The van der Waals surface area contributed by atoms with Crippen molar-refractivity contribution in [2.45, 2.75) is 13.3 Å². The zero-order valence-electron chi connectivity index (χ0n) is 7.74. The summed E-state index contributed by atoms with van der Waals surface area (Å²) in [6.07, 6.45) is 0.850. The Balaban J connectivity index is -0.000000405. The molecular formula is C7H18Cl2N2O. The summed E-state index contributed by atoms with van der Waals surface area (Å²) in [5.74, 6) is -0.204. The van der Waals surface area contributed by atoms with Crippen LogP contribution < -0.4 is 5.73 Å². The number of primary amides is 1. The molecular weight excluding hydrogens is 199 g/mol. The zero-order valence-corrected chi connectivity index (χ0v) is 9.37. The Labute approximate surface area is 86.5 Å². The van der Waals surface area contributed by atoms with E-state index in [4.69, 9.17) is 5.73 Å². The Morgan fingerprint density at radius 1 is 1.42 bits per heavy atom. The smallest absolute Gasteiger partial charge is 0.220 e. The Bertz CT molecular complexity index is 120. The second-order valence-corrected chi connectivity index (χ2v) is 2.90. The van der Waals surface area contributed by atoms with Crippen molar-refractivity contribution in [1.29, 1.82) is 0 Å². The van der Waals surface area contributed by atoms with Crippen LogP contribution in [-0.4, -0.2) is 31.4 Å². The van der Waals surface area contributed by atoms with Crippen LogP contribution in [0.4, 0.5) is 0 Å². The van der Waals surface area contributed by atoms with Gasteiger partial charge in [0.1, 0.15) is 0 Å². The van der Waals surface area contributed by atoms with Crippen molar-refractivity contribution >= 4 is 30.7 Å². The summed E-state index contributed by atoms with van der Waals surface area (Å²) < 4.78 is 0. The summed E-state index contributed by atoms with van der Waals surface area (Å²) in [5, 5.41) is 0. The van der Waals surface area contributed by atoms with E-state index >= 15 is 0 Å². The molecule has 0 bridgehead atoms. The minimum Gasteiger partial charge on any atom is -0.369 e. The van der Waals surface area contributed by atoms with Gasteiger partial charge in [-0.1, -0.05) is 6.92 Å². The van der Waals surface area contributed by atoms with E-state index in [9.17, 15) is 4.79 Å². The molecule has 0 fully saturated rings. The van der Waals surface area contributed by atoms with Gasteiger partial charge in [-0.3, -0.25) is 4.79 Å². The van der Waals surface area contributed by atoms with Crippen molar-refractivity contribution in [2.24, 2.45) is 11.7 Å². The topological polar surface area (TPSA) is 46.3 Å². The Morgan fingerprint density at radius 3 is 2.08 bits per heavy atom. The average Bonchev–Trinajstić information content (AvgIpc) is 1.82. The van der Waals surface area contributed by atoms with E-state index < -0.39 is 0 Å². The first-order valence-electron chi connectivity index (χ1n) is 3.48. The van der Waals surface area contributed by atoms with Gasteiger partial charge in [-0.2, -0.15) is 0 Å². The third-order valence-electron chi connectivity index (χ3n) is 1.50. The van der Waals surface area contributed by atoms with Gasteiger partial charge in [0, 0.05) is 5.92 Å². The minimum atomic E-state index is -0.207. The maximum absolute atomic E-state index is 10.5. The fourth-order valence-electron chi connectivity index (χ4n) is 0.594. The highest BCUT2D eigenvalue weighted by atomic mass is 35.5. The number of carbonyl (C=O) groups excluding carboxylic acids is 1. The number of nitrogens with zero attached hydrogens (tertiary/aromatic N) is 1. The number of amides is 1. The lowest BCUT2D eigenvalue weighted by Gasteiger charge is -2.11. The molecule has 5 heteroatoms. The number of rotatable bonds is 4. The third kappa shape index (κ3) is 10.0. The normalized spacial score (nSPS) is 11.3. The van der Waals surface area contributed by atoms with Crippen molar-refractivity contribution < 1.29 is 4.79 Å². The van der Waals surface area contributed by atoms with E-state index in [1.54, 1.807) is 0 Å². The van der Waals surface area contributed by atoms with Crippen molar-refractivity contribution in [3.05, 3.63) is 0 Å². The van der Waals surface area contributed by atoms with Crippen LogP contribution in [-0.2, 0) is 4.79 Å². The van der Waals surface area contributed by atoms with Crippen LogP contribution in [0, 0.1) is 5.92 Å². The van der Waals surface area contributed by atoms with Crippen LogP contribution in [0.1, 0.15) is 13.3 Å². The van der Waals surface area contributed by atoms with E-state index in [0.29, 0.717) is 0 Å².